The van der Waals surface area contributed by atoms with Crippen molar-refractivity contribution in [1.82, 2.24) is 0 Å². The zero-order valence-corrected chi connectivity index (χ0v) is 8.12. The summed E-state index contributed by atoms with van der Waals surface area (Å²) >= 11 is 5.19. The third kappa shape index (κ3) is 3.78. The van der Waals surface area contributed by atoms with Crippen LogP contribution in [0.1, 0.15) is 0 Å². The van der Waals surface area contributed by atoms with Gasteiger partial charge in [0.1, 0.15) is 0 Å². The fourth-order valence-corrected chi connectivity index (χ4v) is 3.71. The molecule has 0 aromatic heterocycles. The molecule has 0 aromatic carbocycles. The highest BCUT2D eigenvalue weighted by Gasteiger charge is 2.04. The van der Waals surface area contributed by atoms with Crippen molar-refractivity contribution >= 4 is 40.4 Å². The van der Waals surface area contributed by atoms with Crippen LogP contribution in [0.25, 0.3) is 0 Å². The van der Waals surface area contributed by atoms with E-state index in [9.17, 15) is 4.79 Å². The molecule has 0 aromatic rings. The van der Waals surface area contributed by atoms with Crippen molar-refractivity contribution in [3.05, 3.63) is 0 Å². The second-order valence-corrected chi connectivity index (χ2v) is 5.37. The Morgan fingerprint density at radius 1 is 1.00 bits per heavy atom. The molecule has 0 spiro atoms. The number of thioether (sulfide) groups is 3. The molecule has 0 unspecified atom stereocenters. The highest BCUT2D eigenvalue weighted by Crippen LogP contribution is 2.16. The summed E-state index contributed by atoms with van der Waals surface area (Å²) in [6, 6.07) is 0. The fraction of sp³-hybridized carbons (Fsp3) is 0.833. The maximum atomic E-state index is 10.9. The molecule has 1 heterocycles. The monoisotopic (exact) mass is 194 g/mol. The third-order valence-electron chi connectivity index (χ3n) is 1.08. The van der Waals surface area contributed by atoms with Crippen LogP contribution in [-0.2, 0) is 4.79 Å². The van der Waals surface area contributed by atoms with Gasteiger partial charge in [-0.25, -0.2) is 0 Å². The smallest absolute Gasteiger partial charge is 0.198 e. The van der Waals surface area contributed by atoms with Crippen LogP contribution in [0.15, 0.2) is 0 Å². The molecule has 4 heteroatoms. The molecular formula is C6H10OS3. The summed E-state index contributed by atoms with van der Waals surface area (Å²) in [5.41, 5.74) is 0. The van der Waals surface area contributed by atoms with E-state index in [1.807, 2.05) is 11.8 Å². The topological polar surface area (TPSA) is 17.1 Å². The molecule has 0 saturated carbocycles. The molecule has 10 heavy (non-hydrogen) atoms. The minimum atomic E-state index is 0.354. The summed E-state index contributed by atoms with van der Waals surface area (Å²) in [4.78, 5) is 10.9. The molecule has 1 saturated heterocycles. The van der Waals surface area contributed by atoms with Gasteiger partial charge in [0.05, 0.1) is 5.75 Å². The number of carbonyl (C=O) groups excluding carboxylic acids is 1. The van der Waals surface area contributed by atoms with E-state index in [1.165, 1.54) is 17.5 Å². The Morgan fingerprint density at radius 3 is 2.60 bits per heavy atom. The quantitative estimate of drug-likeness (QED) is 0.584. The first-order valence-corrected chi connectivity index (χ1v) is 6.50. The molecule has 1 fully saturated rings. The fourth-order valence-electron chi connectivity index (χ4n) is 0.632. The van der Waals surface area contributed by atoms with Gasteiger partial charge >= 0.3 is 0 Å². The average Bonchev–Trinajstić information content (AvgIpc) is 2.02. The summed E-state index contributed by atoms with van der Waals surface area (Å²) in [6.45, 7) is 0. The van der Waals surface area contributed by atoms with Crippen molar-refractivity contribution in [1.29, 1.82) is 0 Å². The van der Waals surface area contributed by atoms with E-state index in [0.29, 0.717) is 10.9 Å². The minimum absolute atomic E-state index is 0.354. The van der Waals surface area contributed by atoms with Gasteiger partial charge in [-0.2, -0.15) is 23.5 Å². The zero-order valence-electron chi connectivity index (χ0n) is 5.67. The van der Waals surface area contributed by atoms with Crippen LogP contribution in [0, 0.1) is 0 Å². The molecular weight excluding hydrogens is 184 g/mol. The second-order valence-electron chi connectivity index (χ2n) is 1.89. The summed E-state index contributed by atoms with van der Waals surface area (Å²) < 4.78 is 0. The molecule has 58 valence electrons. The molecule has 0 atom stereocenters. The number of rotatable bonds is 0. The van der Waals surface area contributed by atoms with Crippen LogP contribution in [0.4, 0.5) is 0 Å². The first-order chi connectivity index (χ1) is 4.89. The van der Waals surface area contributed by atoms with Crippen LogP contribution in [0.5, 0.6) is 0 Å². The van der Waals surface area contributed by atoms with Crippen molar-refractivity contribution in [2.24, 2.45) is 0 Å². The molecule has 0 N–H and O–H groups in total. The average molecular weight is 194 g/mol. The Morgan fingerprint density at radius 2 is 1.70 bits per heavy atom. The van der Waals surface area contributed by atoms with Gasteiger partial charge in [0.15, 0.2) is 5.12 Å². The summed E-state index contributed by atoms with van der Waals surface area (Å²) in [5.74, 6) is 5.20. The Hall–Kier alpha value is 0.720. The first kappa shape index (κ1) is 8.81. The number of hydrogen-bond acceptors (Lipinski definition) is 4. The predicted molar refractivity (Wildman–Crippen MR) is 52.1 cm³/mol. The molecule has 1 nitrogen and oxygen atoms in total. The predicted octanol–water partition coefficient (Wildman–Crippen LogP) is 1.73. The zero-order chi connectivity index (χ0) is 7.23. The summed E-state index contributed by atoms with van der Waals surface area (Å²) in [5, 5.41) is 0.354. The highest BCUT2D eigenvalue weighted by atomic mass is 32.2. The SMILES string of the molecule is O=C1CSCCSCCS1. The van der Waals surface area contributed by atoms with Crippen LogP contribution in [0.3, 0.4) is 0 Å². The van der Waals surface area contributed by atoms with E-state index < -0.39 is 0 Å². The van der Waals surface area contributed by atoms with E-state index in [-0.39, 0.29) is 0 Å². The standard InChI is InChI=1S/C6H10OS3/c7-6-5-9-2-1-8-3-4-10-6/h1-5H2. The number of hydrogen-bond donors (Lipinski definition) is 0. The lowest BCUT2D eigenvalue weighted by Crippen LogP contribution is -1.96. The largest absolute Gasteiger partial charge is 0.286 e. The molecule has 1 aliphatic rings. The van der Waals surface area contributed by atoms with Gasteiger partial charge in [-0.05, 0) is 0 Å². The van der Waals surface area contributed by atoms with Crippen LogP contribution in [-0.4, -0.2) is 33.9 Å². The molecule has 0 bridgehead atoms. The highest BCUT2D eigenvalue weighted by molar-refractivity contribution is 8.16. The van der Waals surface area contributed by atoms with E-state index >= 15 is 0 Å². The van der Waals surface area contributed by atoms with E-state index in [0.717, 1.165) is 17.3 Å². The molecule has 1 aliphatic heterocycles. The van der Waals surface area contributed by atoms with Gasteiger partial charge < -0.3 is 0 Å². The van der Waals surface area contributed by atoms with Gasteiger partial charge in [-0.1, -0.05) is 11.8 Å². The van der Waals surface area contributed by atoms with Crippen LogP contribution < -0.4 is 0 Å². The minimum Gasteiger partial charge on any atom is -0.286 e. The Labute approximate surface area is 74.1 Å². The van der Waals surface area contributed by atoms with Gasteiger partial charge in [0.2, 0.25) is 0 Å². The maximum Gasteiger partial charge on any atom is 0.198 e. The lowest BCUT2D eigenvalue weighted by molar-refractivity contribution is -0.108. The lowest BCUT2D eigenvalue weighted by atomic mass is 10.9. The number of carbonyl (C=O) groups is 1. The van der Waals surface area contributed by atoms with E-state index in [4.69, 9.17) is 0 Å². The molecule has 0 radical (unpaired) electrons. The Balaban J connectivity index is 2.21. The molecule has 0 amide bonds. The van der Waals surface area contributed by atoms with Gasteiger partial charge in [0.25, 0.3) is 0 Å². The normalized spacial score (nSPS) is 23.0. The van der Waals surface area contributed by atoms with Crippen molar-refractivity contribution in [2.45, 2.75) is 0 Å². The van der Waals surface area contributed by atoms with Gasteiger partial charge in [-0.15, -0.1) is 0 Å². The van der Waals surface area contributed by atoms with Crippen molar-refractivity contribution in [2.75, 3.05) is 28.8 Å². The Bertz CT molecular complexity index is 104. The van der Waals surface area contributed by atoms with Gasteiger partial charge in [0, 0.05) is 23.0 Å². The maximum absolute atomic E-state index is 10.9. The third-order valence-corrected chi connectivity index (χ3v) is 4.60. The summed E-state index contributed by atoms with van der Waals surface area (Å²) in [6.07, 6.45) is 0. The van der Waals surface area contributed by atoms with Gasteiger partial charge in [-0.3, -0.25) is 4.79 Å². The van der Waals surface area contributed by atoms with Crippen LogP contribution >= 0.6 is 35.3 Å². The van der Waals surface area contributed by atoms with E-state index in [2.05, 4.69) is 0 Å². The van der Waals surface area contributed by atoms with E-state index in [1.54, 1.807) is 11.8 Å². The molecule has 1 rings (SSSR count). The lowest BCUT2D eigenvalue weighted by Gasteiger charge is -1.93. The Kier molecular flexibility index (Phi) is 4.74. The van der Waals surface area contributed by atoms with Crippen LogP contribution in [0.2, 0.25) is 0 Å². The van der Waals surface area contributed by atoms with Crippen molar-refractivity contribution in [3.8, 4) is 0 Å². The summed E-state index contributed by atoms with van der Waals surface area (Å²) in [7, 11) is 0. The molecule has 0 aliphatic carbocycles. The van der Waals surface area contributed by atoms with Crippen molar-refractivity contribution < 1.29 is 4.79 Å². The first-order valence-electron chi connectivity index (χ1n) is 3.21. The second kappa shape index (κ2) is 5.38. The van der Waals surface area contributed by atoms with Crippen molar-refractivity contribution in [3.63, 3.8) is 0 Å².